The number of ether oxygens (including phenoxy) is 1. The maximum atomic E-state index is 13.4. The lowest BCUT2D eigenvalue weighted by atomic mass is 10.2. The van der Waals surface area contributed by atoms with Gasteiger partial charge in [0.2, 0.25) is 0 Å². The lowest BCUT2D eigenvalue weighted by Crippen LogP contribution is -2.22. The molecule has 1 amide bonds. The molecule has 0 spiro atoms. The van der Waals surface area contributed by atoms with Crippen LogP contribution >= 0.6 is 11.6 Å². The van der Waals surface area contributed by atoms with Gasteiger partial charge in [-0.25, -0.2) is 4.39 Å². The van der Waals surface area contributed by atoms with E-state index in [1.165, 1.54) is 11.0 Å². The molecule has 23 heavy (non-hydrogen) atoms. The number of hydrogen-bond donors (Lipinski definition) is 1. The van der Waals surface area contributed by atoms with Crippen LogP contribution in [0.2, 0.25) is 5.02 Å². The van der Waals surface area contributed by atoms with Crippen molar-refractivity contribution in [3.8, 4) is 5.75 Å². The van der Waals surface area contributed by atoms with Gasteiger partial charge in [0.05, 0.1) is 10.6 Å². The molecule has 122 valence electrons. The fourth-order valence-corrected chi connectivity index (χ4v) is 2.22. The van der Waals surface area contributed by atoms with Crippen LogP contribution in [0.1, 0.15) is 10.4 Å². The molecule has 4 nitrogen and oxygen atoms in total. The first-order valence-electron chi connectivity index (χ1n) is 7.11. The summed E-state index contributed by atoms with van der Waals surface area (Å²) in [4.78, 5) is 13.4. The first-order valence-corrected chi connectivity index (χ1v) is 7.49. The van der Waals surface area contributed by atoms with Gasteiger partial charge in [-0.2, -0.15) is 0 Å². The Hall–Kier alpha value is -2.27. The summed E-state index contributed by atoms with van der Waals surface area (Å²) in [5.41, 5.74) is 1.22. The Bertz CT molecular complexity index is 692. The van der Waals surface area contributed by atoms with Crippen LogP contribution in [0, 0.1) is 5.82 Å². The average Bonchev–Trinajstić information content (AvgIpc) is 2.52. The number of rotatable bonds is 6. The maximum Gasteiger partial charge on any atom is 0.254 e. The highest BCUT2D eigenvalue weighted by Crippen LogP contribution is 2.22. The van der Waals surface area contributed by atoms with E-state index in [-0.39, 0.29) is 17.5 Å². The summed E-state index contributed by atoms with van der Waals surface area (Å²) in [5.74, 6) is -0.314. The number of amides is 1. The van der Waals surface area contributed by atoms with Gasteiger partial charge in [-0.05, 0) is 30.3 Å². The number of benzene rings is 2. The molecule has 1 N–H and O–H groups in total. The predicted octanol–water partition coefficient (Wildman–Crippen LogP) is 3.67. The van der Waals surface area contributed by atoms with Crippen LogP contribution < -0.4 is 10.1 Å². The zero-order chi connectivity index (χ0) is 16.8. The van der Waals surface area contributed by atoms with Crippen molar-refractivity contribution in [2.75, 3.05) is 32.6 Å². The van der Waals surface area contributed by atoms with Crippen molar-refractivity contribution in [3.05, 3.63) is 58.9 Å². The van der Waals surface area contributed by atoms with Crippen molar-refractivity contribution in [2.45, 2.75) is 0 Å². The fraction of sp³-hybridized carbons (Fsp3) is 0.235. The van der Waals surface area contributed by atoms with Crippen LogP contribution in [0.25, 0.3) is 0 Å². The molecule has 2 aromatic rings. The van der Waals surface area contributed by atoms with Crippen LogP contribution in [0.15, 0.2) is 42.5 Å². The van der Waals surface area contributed by atoms with Crippen LogP contribution in [0.5, 0.6) is 5.75 Å². The van der Waals surface area contributed by atoms with E-state index in [4.69, 9.17) is 16.3 Å². The molecule has 6 heteroatoms. The predicted molar refractivity (Wildman–Crippen MR) is 89.9 cm³/mol. The van der Waals surface area contributed by atoms with Crippen LogP contribution in [-0.4, -0.2) is 38.1 Å². The Labute approximate surface area is 139 Å². The normalized spacial score (nSPS) is 10.3. The summed E-state index contributed by atoms with van der Waals surface area (Å²) in [6.45, 7) is 0.780. The van der Waals surface area contributed by atoms with E-state index in [2.05, 4.69) is 5.32 Å². The van der Waals surface area contributed by atoms with Gasteiger partial charge < -0.3 is 15.0 Å². The van der Waals surface area contributed by atoms with Crippen LogP contribution in [0.4, 0.5) is 10.1 Å². The zero-order valence-corrected chi connectivity index (χ0v) is 13.7. The summed E-state index contributed by atoms with van der Waals surface area (Å²) in [7, 11) is 3.34. The van der Waals surface area contributed by atoms with Gasteiger partial charge in [-0.3, -0.25) is 4.79 Å². The number of nitrogens with one attached hydrogen (secondary N) is 1. The van der Waals surface area contributed by atoms with E-state index in [0.29, 0.717) is 23.7 Å². The second-order valence-corrected chi connectivity index (χ2v) is 5.51. The molecule has 0 fully saturated rings. The van der Waals surface area contributed by atoms with E-state index >= 15 is 0 Å². The Morgan fingerprint density at radius 1 is 1.26 bits per heavy atom. The molecule has 0 saturated heterocycles. The van der Waals surface area contributed by atoms with Gasteiger partial charge in [-0.15, -0.1) is 0 Å². The van der Waals surface area contributed by atoms with E-state index in [9.17, 15) is 9.18 Å². The summed E-state index contributed by atoms with van der Waals surface area (Å²) in [6, 6.07) is 11.4. The van der Waals surface area contributed by atoms with Gasteiger partial charge in [0.15, 0.2) is 11.6 Å². The quantitative estimate of drug-likeness (QED) is 0.818. The second-order valence-electron chi connectivity index (χ2n) is 5.10. The van der Waals surface area contributed by atoms with Gasteiger partial charge >= 0.3 is 0 Å². The molecular weight excluding hydrogens is 319 g/mol. The van der Waals surface area contributed by atoms with Crippen LogP contribution in [0.3, 0.4) is 0 Å². The average molecular weight is 337 g/mol. The van der Waals surface area contributed by atoms with Crippen LogP contribution in [-0.2, 0) is 0 Å². The molecule has 2 rings (SSSR count). The third-order valence-electron chi connectivity index (χ3n) is 3.13. The molecule has 0 aromatic heterocycles. The standard InChI is InChI=1S/C17H18ClFN2O2/c1-21(2)17(22)13-8-7-12(11-14(13)18)20-9-10-23-16-6-4-3-5-15(16)19/h3-8,11,20H,9-10H2,1-2H3. The number of halogens is 2. The molecule has 2 aromatic carbocycles. The molecule has 0 unspecified atom stereocenters. The minimum Gasteiger partial charge on any atom is -0.489 e. The van der Waals surface area contributed by atoms with Crippen molar-refractivity contribution < 1.29 is 13.9 Å². The number of carbonyl (C=O) groups excluding carboxylic acids is 1. The molecule has 0 aliphatic heterocycles. The minimum absolute atomic E-state index is 0.149. The monoisotopic (exact) mass is 336 g/mol. The lowest BCUT2D eigenvalue weighted by Gasteiger charge is -2.13. The van der Waals surface area contributed by atoms with E-state index in [1.807, 2.05) is 0 Å². The first kappa shape index (κ1) is 17.1. The fourth-order valence-electron chi connectivity index (χ4n) is 1.96. The van der Waals surface area contributed by atoms with Gasteiger partial charge in [0, 0.05) is 26.3 Å². The Kier molecular flexibility index (Phi) is 5.82. The maximum absolute atomic E-state index is 13.4. The minimum atomic E-state index is -0.387. The third-order valence-corrected chi connectivity index (χ3v) is 3.44. The number of carbonyl (C=O) groups is 1. The SMILES string of the molecule is CN(C)C(=O)c1ccc(NCCOc2ccccc2F)cc1Cl. The smallest absolute Gasteiger partial charge is 0.254 e. The molecule has 0 aliphatic rings. The lowest BCUT2D eigenvalue weighted by molar-refractivity contribution is 0.0828. The van der Waals surface area contributed by atoms with Crippen molar-refractivity contribution in [1.82, 2.24) is 4.90 Å². The second kappa shape index (κ2) is 7.83. The van der Waals surface area contributed by atoms with E-state index in [0.717, 1.165) is 5.69 Å². The number of para-hydroxylation sites is 1. The number of anilines is 1. The molecule has 0 heterocycles. The zero-order valence-electron chi connectivity index (χ0n) is 13.0. The molecule has 0 radical (unpaired) electrons. The Morgan fingerprint density at radius 3 is 2.65 bits per heavy atom. The number of hydrogen-bond acceptors (Lipinski definition) is 3. The highest BCUT2D eigenvalue weighted by Gasteiger charge is 2.12. The molecule has 0 atom stereocenters. The Morgan fingerprint density at radius 2 is 2.00 bits per heavy atom. The summed E-state index contributed by atoms with van der Waals surface area (Å²) in [6.07, 6.45) is 0. The van der Waals surface area contributed by atoms with Crippen molar-refractivity contribution in [2.24, 2.45) is 0 Å². The molecule has 0 aliphatic carbocycles. The van der Waals surface area contributed by atoms with Crippen molar-refractivity contribution in [1.29, 1.82) is 0 Å². The molecular formula is C17H18ClFN2O2. The van der Waals surface area contributed by atoms with E-state index < -0.39 is 0 Å². The highest BCUT2D eigenvalue weighted by atomic mass is 35.5. The molecule has 0 saturated carbocycles. The first-order chi connectivity index (χ1) is 11.0. The summed E-state index contributed by atoms with van der Waals surface area (Å²) in [5, 5.41) is 3.49. The Balaban J connectivity index is 1.88. The number of nitrogens with zero attached hydrogens (tertiary/aromatic N) is 1. The van der Waals surface area contributed by atoms with Crippen molar-refractivity contribution in [3.63, 3.8) is 0 Å². The van der Waals surface area contributed by atoms with Gasteiger partial charge in [-0.1, -0.05) is 23.7 Å². The van der Waals surface area contributed by atoms with Gasteiger partial charge in [0.25, 0.3) is 5.91 Å². The summed E-state index contributed by atoms with van der Waals surface area (Å²) >= 11 is 6.13. The van der Waals surface area contributed by atoms with E-state index in [1.54, 1.807) is 50.5 Å². The molecule has 0 bridgehead atoms. The largest absolute Gasteiger partial charge is 0.489 e. The topological polar surface area (TPSA) is 41.6 Å². The third kappa shape index (κ3) is 4.60. The van der Waals surface area contributed by atoms with Crippen molar-refractivity contribution >= 4 is 23.2 Å². The summed E-state index contributed by atoms with van der Waals surface area (Å²) < 4.78 is 18.7. The highest BCUT2D eigenvalue weighted by molar-refractivity contribution is 6.34. The van der Waals surface area contributed by atoms with Gasteiger partial charge in [0.1, 0.15) is 6.61 Å².